The number of carbonyl (C=O) groups excluding carboxylic acids is 1. The minimum Gasteiger partial charge on any atom is -0.460 e. The van der Waals surface area contributed by atoms with Crippen molar-refractivity contribution in [3.05, 3.63) is 35.9 Å². The van der Waals surface area contributed by atoms with Crippen molar-refractivity contribution in [2.24, 2.45) is 0 Å². The zero-order valence-electron chi connectivity index (χ0n) is 8.47. The first-order valence-electron chi connectivity index (χ1n) is 4.21. The van der Waals surface area contributed by atoms with Gasteiger partial charge < -0.3 is 14.5 Å². The Morgan fingerprint density at radius 1 is 1.18 bits per heavy atom. The molecule has 1 aromatic rings. The molecule has 0 saturated heterocycles. The van der Waals surface area contributed by atoms with E-state index in [-0.39, 0.29) is 51.4 Å². The van der Waals surface area contributed by atoms with Crippen molar-refractivity contribution in [3.8, 4) is 0 Å². The maximum atomic E-state index is 10.9. The number of esters is 1. The van der Waals surface area contributed by atoms with Crippen molar-refractivity contribution in [1.82, 2.24) is 0 Å². The molecule has 5 nitrogen and oxygen atoms in total. The van der Waals surface area contributed by atoms with Crippen LogP contribution in [0.5, 0.6) is 0 Å². The van der Waals surface area contributed by atoms with Crippen molar-refractivity contribution in [2.75, 3.05) is 6.16 Å². The molecule has 2 N–H and O–H groups in total. The third-order valence-electron chi connectivity index (χ3n) is 1.58. The number of hydrogen-bond donors (Lipinski definition) is 2. The molecule has 0 atom stereocenters. The van der Waals surface area contributed by atoms with Gasteiger partial charge >= 0.3 is 13.6 Å². The third kappa shape index (κ3) is 9.97. The summed E-state index contributed by atoms with van der Waals surface area (Å²) in [7, 11) is -4.32. The first-order valence-corrected chi connectivity index (χ1v) is 6.01. The van der Waals surface area contributed by atoms with Gasteiger partial charge in [0.05, 0.1) is 0 Å². The van der Waals surface area contributed by atoms with Gasteiger partial charge in [0.2, 0.25) is 0 Å². The van der Waals surface area contributed by atoms with Crippen molar-refractivity contribution < 1.29 is 68.6 Å². The molecule has 0 saturated carbocycles. The molecule has 0 aliphatic rings. The normalized spacial score (nSPS) is 9.76. The Labute approximate surface area is 130 Å². The van der Waals surface area contributed by atoms with E-state index in [1.807, 2.05) is 6.07 Å². The second-order valence-electron chi connectivity index (χ2n) is 2.97. The average molecular weight is 446 g/mol. The molecule has 0 spiro atoms. The third-order valence-corrected chi connectivity index (χ3v) is 2.25. The molecule has 0 amide bonds. The van der Waals surface area contributed by atoms with Gasteiger partial charge in [-0.15, -0.1) is 0 Å². The minimum atomic E-state index is -4.32. The van der Waals surface area contributed by atoms with Crippen LogP contribution in [-0.4, -0.2) is 21.9 Å². The van der Waals surface area contributed by atoms with E-state index in [2.05, 4.69) is 4.74 Å². The molecule has 0 aromatic heterocycles. The second-order valence-corrected chi connectivity index (χ2v) is 4.61. The van der Waals surface area contributed by atoms with Crippen LogP contribution in [0.4, 0.5) is 0 Å². The smallest absolute Gasteiger partial charge is 0.336 e. The molecule has 0 fully saturated rings. The molecular weight excluding hydrogens is 435 g/mol. The Morgan fingerprint density at radius 2 is 1.71 bits per heavy atom. The maximum absolute atomic E-state index is 10.9. The largest absolute Gasteiger partial charge is 0.460 e. The summed E-state index contributed by atoms with van der Waals surface area (Å²) >= 11 is 0. The second kappa shape index (κ2) is 9.28. The Hall–Kier alpha value is 0.321. The standard InChI is InChI=1S/C9H11O5P.2Ag/c10-9(7-15(11,12)13)14-6-8-4-2-1-3-5-8;;/h1-5H,6-7H2,(H2,11,12,13);;. The average Bonchev–Trinajstić information content (AvgIpc) is 2.14. The van der Waals surface area contributed by atoms with Gasteiger partial charge in [-0.1, -0.05) is 30.3 Å². The van der Waals surface area contributed by atoms with Crippen LogP contribution in [0, 0.1) is 0 Å². The monoisotopic (exact) mass is 444 g/mol. The summed E-state index contributed by atoms with van der Waals surface area (Å²) in [5.41, 5.74) is 0.775. The number of carbonyl (C=O) groups is 1. The SMILES string of the molecule is O=C(CP(=O)(O)O)OCc1ccccc1.[Ag].[Ag]. The number of hydrogen-bond acceptors (Lipinski definition) is 3. The molecular formula is C9H11Ag2O5P. The Kier molecular flexibility index (Phi) is 10.7. The molecule has 1 aromatic carbocycles. The Bertz CT molecular complexity index is 378. The van der Waals surface area contributed by atoms with Crippen molar-refractivity contribution in [1.29, 1.82) is 0 Å². The number of benzene rings is 1. The van der Waals surface area contributed by atoms with E-state index < -0.39 is 19.7 Å². The fourth-order valence-electron chi connectivity index (χ4n) is 0.952. The van der Waals surface area contributed by atoms with Crippen LogP contribution >= 0.6 is 7.60 Å². The molecule has 0 aliphatic heterocycles. The van der Waals surface area contributed by atoms with Crippen LogP contribution < -0.4 is 0 Å². The number of rotatable bonds is 4. The molecule has 0 unspecified atom stereocenters. The fourth-order valence-corrected chi connectivity index (χ4v) is 1.38. The molecule has 0 bridgehead atoms. The minimum absolute atomic E-state index is 0. The summed E-state index contributed by atoms with van der Waals surface area (Å²) in [5, 5.41) is 0. The van der Waals surface area contributed by atoms with E-state index in [1.54, 1.807) is 24.3 Å². The van der Waals surface area contributed by atoms with Crippen LogP contribution in [-0.2, 0) is 65.5 Å². The van der Waals surface area contributed by atoms with E-state index in [1.165, 1.54) is 0 Å². The fraction of sp³-hybridized carbons (Fsp3) is 0.222. The van der Waals surface area contributed by atoms with Gasteiger partial charge in [-0.2, -0.15) is 0 Å². The Balaban J connectivity index is 0. The van der Waals surface area contributed by atoms with Crippen molar-refractivity contribution in [2.45, 2.75) is 6.61 Å². The summed E-state index contributed by atoms with van der Waals surface area (Å²) in [5.74, 6) is -0.896. The maximum Gasteiger partial charge on any atom is 0.336 e. The van der Waals surface area contributed by atoms with Crippen LogP contribution in [0.3, 0.4) is 0 Å². The van der Waals surface area contributed by atoms with Crippen molar-refractivity contribution >= 4 is 13.6 Å². The van der Waals surface area contributed by atoms with E-state index >= 15 is 0 Å². The van der Waals surface area contributed by atoms with Gasteiger partial charge in [0.1, 0.15) is 12.8 Å². The number of ether oxygens (including phenoxy) is 1. The van der Waals surface area contributed by atoms with E-state index in [9.17, 15) is 9.36 Å². The predicted octanol–water partition coefficient (Wildman–Crippen LogP) is 0.902. The predicted molar refractivity (Wildman–Crippen MR) is 53.1 cm³/mol. The molecule has 8 heteroatoms. The van der Waals surface area contributed by atoms with E-state index in [0.717, 1.165) is 5.56 Å². The molecule has 2 radical (unpaired) electrons. The van der Waals surface area contributed by atoms with Gasteiger partial charge in [0.25, 0.3) is 0 Å². The summed E-state index contributed by atoms with van der Waals surface area (Å²) in [6, 6.07) is 8.90. The first-order chi connectivity index (χ1) is 6.97. The van der Waals surface area contributed by atoms with Gasteiger partial charge in [0.15, 0.2) is 0 Å². The van der Waals surface area contributed by atoms with Crippen molar-refractivity contribution in [3.63, 3.8) is 0 Å². The quantitative estimate of drug-likeness (QED) is 0.409. The zero-order valence-corrected chi connectivity index (χ0v) is 12.3. The van der Waals surface area contributed by atoms with Gasteiger partial charge in [-0.25, -0.2) is 0 Å². The molecule has 0 aliphatic carbocycles. The zero-order chi connectivity index (χ0) is 11.3. The topological polar surface area (TPSA) is 83.8 Å². The Morgan fingerprint density at radius 3 is 2.18 bits per heavy atom. The summed E-state index contributed by atoms with van der Waals surface area (Å²) in [4.78, 5) is 27.9. The van der Waals surface area contributed by atoms with E-state index in [0.29, 0.717) is 0 Å². The van der Waals surface area contributed by atoms with Crippen LogP contribution in [0.25, 0.3) is 0 Å². The van der Waals surface area contributed by atoms with E-state index in [4.69, 9.17) is 9.79 Å². The van der Waals surface area contributed by atoms with Crippen LogP contribution in [0.1, 0.15) is 5.56 Å². The summed E-state index contributed by atoms with van der Waals surface area (Å²) in [6.07, 6.45) is -0.875. The first kappa shape index (κ1) is 19.7. The van der Waals surface area contributed by atoms with Crippen LogP contribution in [0.2, 0.25) is 0 Å². The summed E-state index contributed by atoms with van der Waals surface area (Å²) < 4.78 is 15.1. The van der Waals surface area contributed by atoms with Gasteiger partial charge in [-0.3, -0.25) is 9.36 Å². The summed E-state index contributed by atoms with van der Waals surface area (Å²) in [6.45, 7) is 0.0275. The molecule has 0 heterocycles. The molecule has 17 heavy (non-hydrogen) atoms. The molecule has 104 valence electrons. The van der Waals surface area contributed by atoms with Gasteiger partial charge in [0, 0.05) is 44.8 Å². The van der Waals surface area contributed by atoms with Crippen LogP contribution in [0.15, 0.2) is 30.3 Å². The molecule has 1 rings (SSSR count). The van der Waals surface area contributed by atoms with Gasteiger partial charge in [-0.05, 0) is 5.56 Å².